The minimum absolute atomic E-state index is 0.0836. The van der Waals surface area contributed by atoms with Crippen molar-refractivity contribution in [2.75, 3.05) is 20.6 Å². The number of unbranched alkanes of at least 4 members (excludes halogenated alkanes) is 1. The molecule has 0 saturated heterocycles. The Kier molecular flexibility index (Phi) is 7.45. The van der Waals surface area contributed by atoms with Crippen molar-refractivity contribution in [2.24, 2.45) is 0 Å². The topological polar surface area (TPSA) is 32.3 Å². The molecule has 0 heterocycles. The highest BCUT2D eigenvalue weighted by atomic mass is 16.1. The van der Waals surface area contributed by atoms with Gasteiger partial charge in [-0.1, -0.05) is 25.7 Å². The molecule has 100 valence electrons. The van der Waals surface area contributed by atoms with Gasteiger partial charge in [0.05, 0.1) is 6.04 Å². The Hall–Kier alpha value is -0.410. The lowest BCUT2D eigenvalue weighted by molar-refractivity contribution is -0.110. The van der Waals surface area contributed by atoms with Gasteiger partial charge in [-0.2, -0.15) is 0 Å². The van der Waals surface area contributed by atoms with E-state index in [9.17, 15) is 4.79 Å². The zero-order valence-corrected chi connectivity index (χ0v) is 11.5. The quantitative estimate of drug-likeness (QED) is 0.521. The first kappa shape index (κ1) is 14.7. The summed E-state index contributed by atoms with van der Waals surface area (Å²) in [5.74, 6) is 0. The average molecular weight is 240 g/mol. The second-order valence-electron chi connectivity index (χ2n) is 5.54. The van der Waals surface area contributed by atoms with Crippen LogP contribution in [0.25, 0.3) is 0 Å². The van der Waals surface area contributed by atoms with Crippen LogP contribution in [0.4, 0.5) is 0 Å². The Bertz CT molecular complexity index is 200. The normalized spacial score (nSPS) is 19.5. The third-order valence-electron chi connectivity index (χ3n) is 3.59. The number of carbonyl (C=O) groups excluding carboxylic acids is 1. The molecule has 0 spiro atoms. The second kappa shape index (κ2) is 8.65. The highest BCUT2D eigenvalue weighted by molar-refractivity contribution is 5.57. The summed E-state index contributed by atoms with van der Waals surface area (Å²) in [4.78, 5) is 13.2. The lowest BCUT2D eigenvalue weighted by Gasteiger charge is -2.26. The molecule has 1 aliphatic rings. The van der Waals surface area contributed by atoms with Gasteiger partial charge in [-0.05, 0) is 46.3 Å². The van der Waals surface area contributed by atoms with E-state index in [1.807, 2.05) is 0 Å². The van der Waals surface area contributed by atoms with Crippen LogP contribution in [0.1, 0.15) is 51.4 Å². The predicted octanol–water partition coefficient (Wildman–Crippen LogP) is 2.21. The van der Waals surface area contributed by atoms with Crippen molar-refractivity contribution in [3.05, 3.63) is 0 Å². The summed E-state index contributed by atoms with van der Waals surface area (Å²) in [5, 5.41) is 3.51. The van der Waals surface area contributed by atoms with Crippen molar-refractivity contribution >= 4 is 6.29 Å². The molecule has 0 aromatic heterocycles. The van der Waals surface area contributed by atoms with Crippen LogP contribution in [0, 0.1) is 0 Å². The molecule has 1 fully saturated rings. The molecule has 1 saturated carbocycles. The Balaban J connectivity index is 2.12. The number of hydrogen-bond acceptors (Lipinski definition) is 3. The van der Waals surface area contributed by atoms with E-state index >= 15 is 0 Å². The van der Waals surface area contributed by atoms with Gasteiger partial charge in [0, 0.05) is 6.04 Å². The van der Waals surface area contributed by atoms with Crippen molar-refractivity contribution in [1.29, 1.82) is 0 Å². The zero-order valence-electron chi connectivity index (χ0n) is 11.5. The Morgan fingerprint density at radius 2 is 1.94 bits per heavy atom. The van der Waals surface area contributed by atoms with Gasteiger partial charge in [-0.15, -0.1) is 0 Å². The first-order valence-corrected chi connectivity index (χ1v) is 7.08. The summed E-state index contributed by atoms with van der Waals surface area (Å²) in [6, 6.07) is 0.674. The molecule has 1 N–H and O–H groups in total. The van der Waals surface area contributed by atoms with Crippen LogP contribution >= 0.6 is 0 Å². The van der Waals surface area contributed by atoms with E-state index in [0.717, 1.165) is 25.7 Å². The molecule has 17 heavy (non-hydrogen) atoms. The highest BCUT2D eigenvalue weighted by Gasteiger charge is 2.16. The minimum atomic E-state index is 0.0836. The fraction of sp³-hybridized carbons (Fsp3) is 0.929. The van der Waals surface area contributed by atoms with Crippen LogP contribution in [0.2, 0.25) is 0 Å². The van der Waals surface area contributed by atoms with Crippen LogP contribution in [0.15, 0.2) is 0 Å². The molecule has 0 aliphatic heterocycles. The van der Waals surface area contributed by atoms with Crippen LogP contribution in [0.5, 0.6) is 0 Å². The predicted molar refractivity (Wildman–Crippen MR) is 72.3 cm³/mol. The van der Waals surface area contributed by atoms with E-state index in [4.69, 9.17) is 0 Å². The Morgan fingerprint density at radius 1 is 1.24 bits per heavy atom. The van der Waals surface area contributed by atoms with Crippen LogP contribution in [0.3, 0.4) is 0 Å². The van der Waals surface area contributed by atoms with Gasteiger partial charge in [0.25, 0.3) is 0 Å². The lowest BCUT2D eigenvalue weighted by Crippen LogP contribution is -2.40. The van der Waals surface area contributed by atoms with Gasteiger partial charge >= 0.3 is 0 Å². The van der Waals surface area contributed by atoms with Gasteiger partial charge in [-0.25, -0.2) is 0 Å². The van der Waals surface area contributed by atoms with Crippen LogP contribution < -0.4 is 5.32 Å². The van der Waals surface area contributed by atoms with E-state index in [2.05, 4.69) is 24.3 Å². The number of carbonyl (C=O) groups is 1. The fourth-order valence-corrected chi connectivity index (χ4v) is 2.55. The molecule has 1 atom stereocenters. The molecule has 0 aromatic rings. The van der Waals surface area contributed by atoms with Crippen molar-refractivity contribution < 1.29 is 4.79 Å². The van der Waals surface area contributed by atoms with E-state index in [0.29, 0.717) is 6.04 Å². The molecule has 0 aromatic carbocycles. The summed E-state index contributed by atoms with van der Waals surface area (Å²) < 4.78 is 0. The van der Waals surface area contributed by atoms with Gasteiger partial charge in [0.1, 0.15) is 6.29 Å². The maximum atomic E-state index is 11.0. The molecule has 0 unspecified atom stereocenters. The number of aldehydes is 1. The summed E-state index contributed by atoms with van der Waals surface area (Å²) in [5.41, 5.74) is 0. The van der Waals surface area contributed by atoms with Crippen LogP contribution in [-0.2, 0) is 4.79 Å². The number of hydrogen-bond donors (Lipinski definition) is 1. The minimum Gasteiger partial charge on any atom is -0.309 e. The SMILES string of the molecule is CN(C)CCCC[C@H](C=O)NC1CCCCC1. The van der Waals surface area contributed by atoms with Gasteiger partial charge in [-0.3, -0.25) is 0 Å². The van der Waals surface area contributed by atoms with Gasteiger partial charge in [0.2, 0.25) is 0 Å². The Labute approximate surface area is 106 Å². The first-order chi connectivity index (χ1) is 8.22. The number of nitrogens with one attached hydrogen (secondary N) is 1. The second-order valence-corrected chi connectivity index (χ2v) is 5.54. The fourth-order valence-electron chi connectivity index (χ4n) is 2.55. The van der Waals surface area contributed by atoms with E-state index in [1.54, 1.807) is 0 Å². The summed E-state index contributed by atoms with van der Waals surface area (Å²) in [6.45, 7) is 1.12. The third-order valence-corrected chi connectivity index (χ3v) is 3.59. The summed E-state index contributed by atoms with van der Waals surface area (Å²) in [7, 11) is 4.19. The maximum Gasteiger partial charge on any atom is 0.136 e. The third kappa shape index (κ3) is 6.79. The lowest BCUT2D eigenvalue weighted by atomic mass is 9.94. The molecular weight excluding hydrogens is 212 g/mol. The number of rotatable bonds is 8. The van der Waals surface area contributed by atoms with Crippen LogP contribution in [-0.4, -0.2) is 43.9 Å². The van der Waals surface area contributed by atoms with Crippen molar-refractivity contribution in [3.8, 4) is 0 Å². The standard InChI is InChI=1S/C14H28N2O/c1-16(2)11-7-6-10-14(12-17)15-13-8-4-3-5-9-13/h12-15H,3-11H2,1-2H3/t14-/m1/s1. The molecule has 1 aliphatic carbocycles. The smallest absolute Gasteiger partial charge is 0.136 e. The largest absolute Gasteiger partial charge is 0.309 e. The highest BCUT2D eigenvalue weighted by Crippen LogP contribution is 2.18. The molecule has 3 nitrogen and oxygen atoms in total. The number of nitrogens with zero attached hydrogens (tertiary/aromatic N) is 1. The maximum absolute atomic E-state index is 11.0. The van der Waals surface area contributed by atoms with Gasteiger partial charge in [0.15, 0.2) is 0 Å². The van der Waals surface area contributed by atoms with Crippen molar-refractivity contribution in [1.82, 2.24) is 10.2 Å². The molecule has 0 bridgehead atoms. The monoisotopic (exact) mass is 240 g/mol. The summed E-state index contributed by atoms with van der Waals surface area (Å²) >= 11 is 0. The molecule has 0 amide bonds. The van der Waals surface area contributed by atoms with Crippen molar-refractivity contribution in [2.45, 2.75) is 63.5 Å². The molecule has 1 rings (SSSR count). The van der Waals surface area contributed by atoms with E-state index in [1.165, 1.54) is 38.5 Å². The van der Waals surface area contributed by atoms with E-state index < -0.39 is 0 Å². The first-order valence-electron chi connectivity index (χ1n) is 7.08. The van der Waals surface area contributed by atoms with Gasteiger partial charge < -0.3 is 15.0 Å². The Morgan fingerprint density at radius 3 is 2.53 bits per heavy atom. The molecular formula is C14H28N2O. The average Bonchev–Trinajstić information content (AvgIpc) is 2.34. The molecule has 0 radical (unpaired) electrons. The summed E-state index contributed by atoms with van der Waals surface area (Å²) in [6.07, 6.45) is 10.9. The van der Waals surface area contributed by atoms with Crippen molar-refractivity contribution in [3.63, 3.8) is 0 Å². The zero-order chi connectivity index (χ0) is 12.5. The van der Waals surface area contributed by atoms with E-state index in [-0.39, 0.29) is 6.04 Å². The molecule has 3 heteroatoms.